The third-order valence-electron chi connectivity index (χ3n) is 4.57. The van der Waals surface area contributed by atoms with Gasteiger partial charge in [-0.3, -0.25) is 0 Å². The van der Waals surface area contributed by atoms with Gasteiger partial charge >= 0.3 is 6.03 Å². The van der Waals surface area contributed by atoms with Crippen molar-refractivity contribution in [2.45, 2.75) is 26.2 Å². The third kappa shape index (κ3) is 4.21. The molecule has 1 N–H and O–H groups in total. The van der Waals surface area contributed by atoms with Crippen molar-refractivity contribution in [2.24, 2.45) is 5.92 Å². The van der Waals surface area contributed by atoms with Crippen LogP contribution in [0, 0.1) is 12.8 Å². The molecule has 0 radical (unpaired) electrons. The predicted octanol–water partition coefficient (Wildman–Crippen LogP) is 1.97. The second-order valence-corrected chi connectivity index (χ2v) is 6.27. The van der Waals surface area contributed by atoms with Crippen LogP contribution >= 0.6 is 0 Å². The molecule has 0 bridgehead atoms. The van der Waals surface area contributed by atoms with Crippen LogP contribution in [0.15, 0.2) is 24.4 Å². The number of allylic oxidation sites excluding steroid dienone is 2. The maximum atomic E-state index is 12.3. The summed E-state index contributed by atoms with van der Waals surface area (Å²) in [5.41, 5.74) is 0. The molecular weight excluding hydrogens is 290 g/mol. The van der Waals surface area contributed by atoms with Gasteiger partial charge in [0.2, 0.25) is 0 Å². The molecule has 23 heavy (non-hydrogen) atoms. The maximum absolute atomic E-state index is 12.3. The monoisotopic (exact) mass is 315 g/mol. The van der Waals surface area contributed by atoms with E-state index >= 15 is 0 Å². The number of rotatable bonds is 3. The second kappa shape index (κ2) is 7.44. The van der Waals surface area contributed by atoms with E-state index in [1.54, 1.807) is 6.20 Å². The predicted molar refractivity (Wildman–Crippen MR) is 90.4 cm³/mol. The first-order valence-corrected chi connectivity index (χ1v) is 8.45. The fourth-order valence-electron chi connectivity index (χ4n) is 3.14. The van der Waals surface area contributed by atoms with E-state index in [1.165, 1.54) is 6.42 Å². The highest BCUT2D eigenvalue weighted by Gasteiger charge is 2.22. The Kier molecular flexibility index (Phi) is 5.10. The number of urea groups is 1. The summed E-state index contributed by atoms with van der Waals surface area (Å²) in [6.07, 6.45) is 9.64. The Morgan fingerprint density at radius 3 is 2.83 bits per heavy atom. The smallest absolute Gasteiger partial charge is 0.317 e. The van der Waals surface area contributed by atoms with Gasteiger partial charge in [0.15, 0.2) is 0 Å². The van der Waals surface area contributed by atoms with E-state index in [-0.39, 0.29) is 6.03 Å². The fourth-order valence-corrected chi connectivity index (χ4v) is 3.14. The summed E-state index contributed by atoms with van der Waals surface area (Å²) in [5, 5.41) is 3.09. The number of aromatic nitrogens is 2. The molecule has 1 aromatic heterocycles. The number of carbonyl (C=O) groups is 1. The first-order chi connectivity index (χ1) is 11.2. The number of anilines is 1. The van der Waals surface area contributed by atoms with Gasteiger partial charge in [0, 0.05) is 38.9 Å². The Morgan fingerprint density at radius 1 is 1.30 bits per heavy atom. The van der Waals surface area contributed by atoms with Gasteiger partial charge in [0.25, 0.3) is 0 Å². The first-order valence-electron chi connectivity index (χ1n) is 8.45. The lowest BCUT2D eigenvalue weighted by Gasteiger charge is -2.35. The van der Waals surface area contributed by atoms with Crippen LogP contribution in [-0.2, 0) is 0 Å². The highest BCUT2D eigenvalue weighted by Crippen LogP contribution is 2.17. The van der Waals surface area contributed by atoms with Crippen LogP contribution in [0.1, 0.15) is 25.1 Å². The zero-order chi connectivity index (χ0) is 16.1. The van der Waals surface area contributed by atoms with Gasteiger partial charge in [-0.25, -0.2) is 14.8 Å². The van der Waals surface area contributed by atoms with Gasteiger partial charge < -0.3 is 15.1 Å². The molecule has 0 unspecified atom stereocenters. The number of piperazine rings is 1. The average molecular weight is 315 g/mol. The maximum Gasteiger partial charge on any atom is 0.317 e. The van der Waals surface area contributed by atoms with Crippen molar-refractivity contribution in [2.75, 3.05) is 37.6 Å². The highest BCUT2D eigenvalue weighted by atomic mass is 16.2. The van der Waals surface area contributed by atoms with Crippen LogP contribution in [0.25, 0.3) is 0 Å². The molecule has 124 valence electrons. The summed E-state index contributed by atoms with van der Waals surface area (Å²) in [5.74, 6) is 2.32. The summed E-state index contributed by atoms with van der Waals surface area (Å²) >= 11 is 0. The molecule has 1 atom stereocenters. The van der Waals surface area contributed by atoms with Crippen LogP contribution < -0.4 is 10.2 Å². The van der Waals surface area contributed by atoms with Crippen molar-refractivity contribution < 1.29 is 4.79 Å². The number of nitrogens with one attached hydrogen (secondary N) is 1. The minimum Gasteiger partial charge on any atom is -0.353 e. The lowest BCUT2D eigenvalue weighted by molar-refractivity contribution is 0.192. The Balaban J connectivity index is 1.44. The van der Waals surface area contributed by atoms with Crippen LogP contribution in [-0.4, -0.2) is 53.6 Å². The van der Waals surface area contributed by atoms with E-state index in [9.17, 15) is 4.79 Å². The van der Waals surface area contributed by atoms with E-state index in [4.69, 9.17) is 0 Å². The van der Waals surface area contributed by atoms with Crippen LogP contribution in [0.4, 0.5) is 10.6 Å². The van der Waals surface area contributed by atoms with Gasteiger partial charge in [-0.05, 0) is 38.2 Å². The minimum absolute atomic E-state index is 0.0677. The molecule has 2 aliphatic rings. The van der Waals surface area contributed by atoms with Crippen molar-refractivity contribution in [1.82, 2.24) is 20.2 Å². The molecule has 1 saturated heterocycles. The number of nitrogens with zero attached hydrogens (tertiary/aromatic N) is 4. The Hall–Kier alpha value is -2.11. The Morgan fingerprint density at radius 2 is 2.13 bits per heavy atom. The summed E-state index contributed by atoms with van der Waals surface area (Å²) in [4.78, 5) is 25.0. The molecule has 1 aliphatic carbocycles. The lowest BCUT2D eigenvalue weighted by atomic mass is 9.94. The van der Waals surface area contributed by atoms with Crippen LogP contribution in [0.3, 0.4) is 0 Å². The van der Waals surface area contributed by atoms with Crippen LogP contribution in [0.5, 0.6) is 0 Å². The average Bonchev–Trinajstić information content (AvgIpc) is 2.61. The summed E-state index contributed by atoms with van der Waals surface area (Å²) in [6.45, 7) is 5.78. The molecule has 1 aliphatic heterocycles. The number of amides is 2. The van der Waals surface area contributed by atoms with Crippen molar-refractivity contribution in [3.8, 4) is 0 Å². The van der Waals surface area contributed by atoms with E-state index in [1.807, 2.05) is 17.9 Å². The Labute approximate surface area is 137 Å². The molecule has 2 heterocycles. The number of carbonyl (C=O) groups excluding carboxylic acids is 1. The van der Waals surface area contributed by atoms with E-state index in [0.29, 0.717) is 5.92 Å². The standard InChI is InChI=1S/C17H25N5O/c1-14-18-8-7-16(20-14)21-9-11-22(12-10-21)17(23)19-13-15-5-3-2-4-6-15/h2-3,7-8,15H,4-6,9-13H2,1H3,(H,19,23)/t15-/m1/s1. The third-order valence-corrected chi connectivity index (χ3v) is 4.57. The summed E-state index contributed by atoms with van der Waals surface area (Å²) < 4.78 is 0. The zero-order valence-corrected chi connectivity index (χ0v) is 13.7. The molecule has 6 nitrogen and oxygen atoms in total. The lowest BCUT2D eigenvalue weighted by Crippen LogP contribution is -2.52. The topological polar surface area (TPSA) is 61.4 Å². The number of aryl methyl sites for hydroxylation is 1. The zero-order valence-electron chi connectivity index (χ0n) is 13.7. The largest absolute Gasteiger partial charge is 0.353 e. The normalized spacial score (nSPS) is 21.3. The van der Waals surface area contributed by atoms with Gasteiger partial charge in [0.05, 0.1) is 0 Å². The highest BCUT2D eigenvalue weighted by molar-refractivity contribution is 5.74. The number of hydrogen-bond donors (Lipinski definition) is 1. The first kappa shape index (κ1) is 15.8. The van der Waals surface area contributed by atoms with Gasteiger partial charge in [0.1, 0.15) is 11.6 Å². The molecule has 2 amide bonds. The second-order valence-electron chi connectivity index (χ2n) is 6.27. The van der Waals surface area contributed by atoms with Crippen molar-refractivity contribution >= 4 is 11.8 Å². The molecule has 3 rings (SSSR count). The molecule has 1 aromatic rings. The van der Waals surface area contributed by atoms with Crippen molar-refractivity contribution in [1.29, 1.82) is 0 Å². The summed E-state index contributed by atoms with van der Waals surface area (Å²) in [7, 11) is 0. The molecule has 0 saturated carbocycles. The number of hydrogen-bond acceptors (Lipinski definition) is 4. The molecule has 0 spiro atoms. The Bertz CT molecular complexity index is 566. The molecule has 0 aromatic carbocycles. The summed E-state index contributed by atoms with van der Waals surface area (Å²) in [6, 6.07) is 2.00. The van der Waals surface area contributed by atoms with Gasteiger partial charge in [-0.1, -0.05) is 12.2 Å². The van der Waals surface area contributed by atoms with E-state index in [2.05, 4.69) is 32.3 Å². The quantitative estimate of drug-likeness (QED) is 0.866. The molecular formula is C17H25N5O. The van der Waals surface area contributed by atoms with Gasteiger partial charge in [-0.2, -0.15) is 0 Å². The SMILES string of the molecule is Cc1nccc(N2CCN(C(=O)NC[C@@H]3CC=CCC3)CC2)n1. The van der Waals surface area contributed by atoms with E-state index < -0.39 is 0 Å². The minimum atomic E-state index is 0.0677. The molecule has 1 fully saturated rings. The van der Waals surface area contributed by atoms with Gasteiger partial charge in [-0.15, -0.1) is 0 Å². The fraction of sp³-hybridized carbons (Fsp3) is 0.588. The van der Waals surface area contributed by atoms with Crippen LogP contribution in [0.2, 0.25) is 0 Å². The van der Waals surface area contributed by atoms with E-state index in [0.717, 1.165) is 57.2 Å². The molecule has 6 heteroatoms. The van der Waals surface area contributed by atoms with Crippen molar-refractivity contribution in [3.05, 3.63) is 30.2 Å². The van der Waals surface area contributed by atoms with Crippen molar-refractivity contribution in [3.63, 3.8) is 0 Å².